The van der Waals surface area contributed by atoms with Crippen molar-refractivity contribution in [3.05, 3.63) is 0 Å². The van der Waals surface area contributed by atoms with Gasteiger partial charge < -0.3 is 19.7 Å². The summed E-state index contributed by atoms with van der Waals surface area (Å²) in [5.41, 5.74) is 0. The molecule has 0 aromatic carbocycles. The Kier molecular flexibility index (Phi) is 9.53. The van der Waals surface area contributed by atoms with Gasteiger partial charge in [-0.1, -0.05) is 6.92 Å². The Bertz CT molecular complexity index is 487. The van der Waals surface area contributed by atoms with Crippen molar-refractivity contribution in [3.8, 4) is 0 Å². The van der Waals surface area contributed by atoms with E-state index < -0.39 is 0 Å². The van der Waals surface area contributed by atoms with Gasteiger partial charge in [0.2, 0.25) is 0 Å². The van der Waals surface area contributed by atoms with E-state index in [2.05, 4.69) is 35.9 Å². The molecule has 0 aliphatic carbocycles. The van der Waals surface area contributed by atoms with Crippen LogP contribution in [0.15, 0.2) is 4.99 Å². The minimum Gasteiger partial charge on any atom is -0.376 e. The molecule has 3 atom stereocenters. The number of hydrogen-bond donors (Lipinski definition) is 1. The molecule has 3 saturated heterocycles. The van der Waals surface area contributed by atoms with Gasteiger partial charge in [0.15, 0.2) is 5.96 Å². The van der Waals surface area contributed by atoms with Crippen LogP contribution in [0, 0.1) is 5.92 Å². The van der Waals surface area contributed by atoms with E-state index in [4.69, 9.17) is 14.5 Å². The van der Waals surface area contributed by atoms with E-state index in [-0.39, 0.29) is 0 Å². The first-order valence-corrected chi connectivity index (χ1v) is 12.2. The van der Waals surface area contributed by atoms with Crippen molar-refractivity contribution in [1.29, 1.82) is 0 Å². The highest BCUT2D eigenvalue weighted by atomic mass is 16.5. The van der Waals surface area contributed by atoms with Crippen molar-refractivity contribution >= 4 is 5.96 Å². The Labute approximate surface area is 178 Å². The molecular weight excluding hydrogens is 364 g/mol. The predicted octanol–water partition coefficient (Wildman–Crippen LogP) is 3.12. The van der Waals surface area contributed by atoms with Gasteiger partial charge in [0.1, 0.15) is 0 Å². The quantitative estimate of drug-likeness (QED) is 0.518. The average molecular weight is 409 g/mol. The van der Waals surface area contributed by atoms with E-state index in [1.165, 1.54) is 38.8 Å². The van der Waals surface area contributed by atoms with Crippen LogP contribution in [-0.2, 0) is 9.47 Å². The molecule has 0 radical (unpaired) electrons. The van der Waals surface area contributed by atoms with Gasteiger partial charge in [-0.3, -0.25) is 9.89 Å². The SMILES string of the molecule is CCNC(=NCC(C)N1CCCC(C)C1)N1CCC(OCC2CCCCO2)CC1. The van der Waals surface area contributed by atoms with E-state index >= 15 is 0 Å². The summed E-state index contributed by atoms with van der Waals surface area (Å²) in [6, 6.07) is 0.516. The molecule has 29 heavy (non-hydrogen) atoms. The van der Waals surface area contributed by atoms with Crippen molar-refractivity contribution in [2.45, 2.75) is 84.0 Å². The van der Waals surface area contributed by atoms with Crippen molar-refractivity contribution < 1.29 is 9.47 Å². The van der Waals surface area contributed by atoms with E-state index in [1.54, 1.807) is 0 Å². The summed E-state index contributed by atoms with van der Waals surface area (Å²) in [6.45, 7) is 14.8. The van der Waals surface area contributed by atoms with Gasteiger partial charge in [-0.2, -0.15) is 0 Å². The molecule has 3 aliphatic rings. The number of aliphatic imine (C=N–C) groups is 1. The number of nitrogens with zero attached hydrogens (tertiary/aromatic N) is 3. The molecule has 3 rings (SSSR count). The Morgan fingerprint density at radius 2 is 1.97 bits per heavy atom. The van der Waals surface area contributed by atoms with Crippen molar-refractivity contribution in [1.82, 2.24) is 15.1 Å². The maximum atomic E-state index is 6.18. The summed E-state index contributed by atoms with van der Waals surface area (Å²) < 4.78 is 12.0. The van der Waals surface area contributed by atoms with Crippen LogP contribution < -0.4 is 5.32 Å². The molecule has 0 saturated carbocycles. The van der Waals surface area contributed by atoms with Gasteiger partial charge in [-0.25, -0.2) is 0 Å². The second-order valence-corrected chi connectivity index (χ2v) is 9.29. The van der Waals surface area contributed by atoms with Crippen LogP contribution in [0.4, 0.5) is 0 Å². The first-order chi connectivity index (χ1) is 14.2. The van der Waals surface area contributed by atoms with Gasteiger partial charge in [0, 0.05) is 38.8 Å². The monoisotopic (exact) mass is 408 g/mol. The van der Waals surface area contributed by atoms with Crippen LogP contribution in [0.25, 0.3) is 0 Å². The van der Waals surface area contributed by atoms with Gasteiger partial charge in [-0.05, 0) is 71.3 Å². The Hall–Kier alpha value is -0.850. The zero-order valence-corrected chi connectivity index (χ0v) is 19.1. The third kappa shape index (κ3) is 7.41. The molecule has 0 aromatic heterocycles. The van der Waals surface area contributed by atoms with Gasteiger partial charge in [0.05, 0.1) is 25.4 Å². The van der Waals surface area contributed by atoms with Gasteiger partial charge in [0.25, 0.3) is 0 Å². The van der Waals surface area contributed by atoms with Crippen molar-refractivity contribution in [3.63, 3.8) is 0 Å². The molecule has 6 nitrogen and oxygen atoms in total. The van der Waals surface area contributed by atoms with Crippen LogP contribution in [0.3, 0.4) is 0 Å². The van der Waals surface area contributed by atoms with Crippen LogP contribution in [0.5, 0.6) is 0 Å². The number of hydrogen-bond acceptors (Lipinski definition) is 4. The van der Waals surface area contributed by atoms with Crippen molar-refractivity contribution in [2.75, 3.05) is 52.5 Å². The minimum atomic E-state index is 0.319. The average Bonchev–Trinajstić information content (AvgIpc) is 2.76. The first kappa shape index (κ1) is 22.8. The summed E-state index contributed by atoms with van der Waals surface area (Å²) >= 11 is 0. The summed E-state index contributed by atoms with van der Waals surface area (Å²) in [4.78, 5) is 10.1. The Balaban J connectivity index is 1.42. The smallest absolute Gasteiger partial charge is 0.193 e. The molecule has 0 aromatic rings. The number of piperidine rings is 2. The third-order valence-corrected chi connectivity index (χ3v) is 6.69. The second-order valence-electron chi connectivity index (χ2n) is 9.29. The van der Waals surface area contributed by atoms with Gasteiger partial charge in [-0.15, -0.1) is 0 Å². The van der Waals surface area contributed by atoms with Crippen LogP contribution in [-0.4, -0.2) is 86.5 Å². The zero-order chi connectivity index (χ0) is 20.5. The lowest BCUT2D eigenvalue weighted by Gasteiger charge is -2.36. The molecular formula is C23H44N4O2. The highest BCUT2D eigenvalue weighted by Gasteiger charge is 2.25. The number of ether oxygens (including phenoxy) is 2. The Morgan fingerprint density at radius 3 is 2.66 bits per heavy atom. The van der Waals surface area contributed by atoms with Gasteiger partial charge >= 0.3 is 0 Å². The third-order valence-electron chi connectivity index (χ3n) is 6.69. The maximum absolute atomic E-state index is 6.18. The first-order valence-electron chi connectivity index (χ1n) is 12.2. The molecule has 3 unspecified atom stereocenters. The molecule has 0 amide bonds. The molecule has 1 N–H and O–H groups in total. The topological polar surface area (TPSA) is 49.3 Å². The molecule has 0 bridgehead atoms. The molecule has 6 heteroatoms. The lowest BCUT2D eigenvalue weighted by atomic mass is 9.99. The van der Waals surface area contributed by atoms with E-state index in [1.807, 2.05) is 0 Å². The van der Waals surface area contributed by atoms with Crippen molar-refractivity contribution in [2.24, 2.45) is 10.9 Å². The summed E-state index contributed by atoms with van der Waals surface area (Å²) in [6.07, 6.45) is 9.19. The molecule has 3 aliphatic heterocycles. The summed E-state index contributed by atoms with van der Waals surface area (Å²) in [5.74, 6) is 1.90. The van der Waals surface area contributed by atoms with E-state index in [0.717, 1.165) is 70.5 Å². The molecule has 168 valence electrons. The lowest BCUT2D eigenvalue weighted by molar-refractivity contribution is -0.0721. The normalized spacial score (nSPS) is 29.1. The predicted molar refractivity (Wildman–Crippen MR) is 120 cm³/mol. The highest BCUT2D eigenvalue weighted by molar-refractivity contribution is 5.80. The lowest BCUT2D eigenvalue weighted by Crippen LogP contribution is -2.48. The molecule has 3 heterocycles. The van der Waals surface area contributed by atoms with Crippen LogP contribution in [0.2, 0.25) is 0 Å². The molecule has 3 fully saturated rings. The summed E-state index contributed by atoms with van der Waals surface area (Å²) in [5, 5.41) is 3.51. The Morgan fingerprint density at radius 1 is 1.14 bits per heavy atom. The zero-order valence-electron chi connectivity index (χ0n) is 19.1. The maximum Gasteiger partial charge on any atom is 0.193 e. The van der Waals surface area contributed by atoms with E-state index in [9.17, 15) is 0 Å². The standard InChI is InChI=1S/C23H44N4O2/c1-4-24-23(25-16-20(3)27-12-7-8-19(2)17-27)26-13-10-21(11-14-26)29-18-22-9-5-6-15-28-22/h19-22H,4-18H2,1-3H3,(H,24,25). The number of nitrogens with one attached hydrogen (secondary N) is 1. The number of rotatable bonds is 7. The van der Waals surface area contributed by atoms with Crippen LogP contribution >= 0.6 is 0 Å². The number of guanidine groups is 1. The fourth-order valence-electron chi connectivity index (χ4n) is 4.80. The second kappa shape index (κ2) is 12.1. The highest BCUT2D eigenvalue weighted by Crippen LogP contribution is 2.19. The fourth-order valence-corrected chi connectivity index (χ4v) is 4.80. The summed E-state index contributed by atoms with van der Waals surface area (Å²) in [7, 11) is 0. The minimum absolute atomic E-state index is 0.319. The fraction of sp³-hybridized carbons (Fsp3) is 0.957. The van der Waals surface area contributed by atoms with E-state index in [0.29, 0.717) is 18.2 Å². The van der Waals surface area contributed by atoms with Crippen LogP contribution in [0.1, 0.15) is 65.7 Å². The molecule has 0 spiro atoms. The number of likely N-dealkylation sites (tertiary alicyclic amines) is 2. The largest absolute Gasteiger partial charge is 0.376 e.